The maximum atomic E-state index is 9.26. The largest absolute Gasteiger partial charge is 0.282 e. The van der Waals surface area contributed by atoms with E-state index in [1.165, 1.54) is 41.9 Å². The molecule has 9 aromatic carbocycles. The molecule has 0 amide bonds. The first kappa shape index (κ1) is 32.6. The molecule has 0 atom stereocenters. The van der Waals surface area contributed by atoms with Crippen LogP contribution < -0.4 is 0 Å². The van der Waals surface area contributed by atoms with E-state index in [2.05, 4.69) is 152 Å². The van der Waals surface area contributed by atoms with E-state index >= 15 is 0 Å². The van der Waals surface area contributed by atoms with Gasteiger partial charge in [0.1, 0.15) is 0 Å². The molecule has 258 valence electrons. The van der Waals surface area contributed by atoms with Gasteiger partial charge in [0.05, 0.1) is 0 Å². The highest BCUT2D eigenvalue weighted by atomic mass is 32.1. The van der Waals surface area contributed by atoms with E-state index in [1.807, 2.05) is 53.9 Å². The zero-order chi connectivity index (χ0) is 36.7. The number of hydrogen-bond donors (Lipinski definition) is 1. The van der Waals surface area contributed by atoms with Crippen LogP contribution in [-0.2, 0) is 0 Å². The summed E-state index contributed by atoms with van der Waals surface area (Å²) < 4.78 is 2.53. The third-order valence-corrected chi connectivity index (χ3v) is 11.6. The van der Waals surface area contributed by atoms with Gasteiger partial charge in [-0.3, -0.25) is 5.41 Å². The van der Waals surface area contributed by atoms with Gasteiger partial charge >= 0.3 is 0 Å². The summed E-state index contributed by atoms with van der Waals surface area (Å²) in [5.74, 6) is 0.625. The quantitative estimate of drug-likeness (QED) is 0.0797. The van der Waals surface area contributed by atoms with Crippen LogP contribution in [0.1, 0.15) is 16.7 Å². The fourth-order valence-corrected chi connectivity index (χ4v) is 8.88. The highest BCUT2D eigenvalue weighted by Gasteiger charge is 2.14. The van der Waals surface area contributed by atoms with Gasteiger partial charge in [-0.1, -0.05) is 164 Å². The minimum atomic E-state index is 0.150. The predicted molar refractivity (Wildman–Crippen MR) is 237 cm³/mol. The second kappa shape index (κ2) is 13.8. The van der Waals surface area contributed by atoms with Crippen molar-refractivity contribution < 1.29 is 0 Å². The summed E-state index contributed by atoms with van der Waals surface area (Å²) in [5, 5.41) is 18.7. The summed E-state index contributed by atoms with van der Waals surface area (Å²) in [7, 11) is 0. The van der Waals surface area contributed by atoms with Gasteiger partial charge in [0.25, 0.3) is 0 Å². The highest BCUT2D eigenvalue weighted by Crippen LogP contribution is 2.40. The van der Waals surface area contributed by atoms with Gasteiger partial charge in [-0.15, -0.1) is 11.3 Å². The Balaban J connectivity index is 1.13. The Kier molecular flexibility index (Phi) is 8.16. The third kappa shape index (κ3) is 5.99. The van der Waals surface area contributed by atoms with Crippen molar-refractivity contribution >= 4 is 81.7 Å². The molecule has 0 spiro atoms. The normalized spacial score (nSPS) is 12.1. The number of benzene rings is 9. The van der Waals surface area contributed by atoms with E-state index in [9.17, 15) is 5.41 Å². The van der Waals surface area contributed by atoms with Gasteiger partial charge in [0.15, 0.2) is 11.7 Å². The van der Waals surface area contributed by atoms with E-state index in [0.717, 1.165) is 49.5 Å². The Hall–Kier alpha value is -7.01. The molecule has 0 bridgehead atoms. The van der Waals surface area contributed by atoms with Crippen LogP contribution in [0.5, 0.6) is 0 Å². The van der Waals surface area contributed by atoms with Crippen molar-refractivity contribution in [3.8, 4) is 22.3 Å². The van der Waals surface area contributed by atoms with Gasteiger partial charge in [0.2, 0.25) is 0 Å². The van der Waals surface area contributed by atoms with Gasteiger partial charge in [-0.2, -0.15) is 0 Å². The maximum absolute atomic E-state index is 9.26. The van der Waals surface area contributed by atoms with Crippen molar-refractivity contribution in [3.05, 3.63) is 205 Å². The van der Waals surface area contributed by atoms with E-state index in [1.54, 1.807) is 0 Å². The number of rotatable bonds is 5. The van der Waals surface area contributed by atoms with Crippen LogP contribution in [0.3, 0.4) is 0 Å². The average molecular weight is 720 g/mol. The summed E-state index contributed by atoms with van der Waals surface area (Å²) in [6.07, 6.45) is 1.95. The van der Waals surface area contributed by atoms with Gasteiger partial charge < -0.3 is 0 Å². The topological polar surface area (TPSA) is 48.6 Å². The van der Waals surface area contributed by atoms with Crippen LogP contribution in [0.4, 0.5) is 0 Å². The summed E-state index contributed by atoms with van der Waals surface area (Å²) in [4.78, 5) is 10.2. The van der Waals surface area contributed by atoms with Crippen molar-refractivity contribution in [2.24, 2.45) is 9.98 Å². The molecule has 0 aliphatic heterocycles. The molecule has 10 aromatic rings. The molecule has 1 aromatic heterocycles. The molecule has 0 aliphatic rings. The van der Waals surface area contributed by atoms with Gasteiger partial charge in [-0.25, -0.2) is 9.98 Å². The van der Waals surface area contributed by atoms with Crippen LogP contribution in [-0.4, -0.2) is 17.9 Å². The van der Waals surface area contributed by atoms with Crippen LogP contribution >= 0.6 is 11.3 Å². The molecule has 0 radical (unpaired) electrons. The number of fused-ring (bicyclic) bond motifs is 7. The lowest BCUT2D eigenvalue weighted by molar-refractivity contribution is 1.40. The molecule has 0 aliphatic carbocycles. The zero-order valence-corrected chi connectivity index (χ0v) is 30.6. The molecule has 0 saturated heterocycles. The fourth-order valence-electron chi connectivity index (χ4n) is 7.75. The van der Waals surface area contributed by atoms with Crippen molar-refractivity contribution in [1.29, 1.82) is 5.41 Å². The standard InChI is InChI=1S/C51H33N3S/c52-50(36-26-24-34(25-27-36)33-12-2-1-3-13-33)54-51(39-17-10-16-37(30-39)42-21-11-23-48-49(42)44-20-8-9-22-47(44)55-48)53-32-46-41-19-7-5-15-38(41)31-45-40-18-6-4-14-35(40)28-29-43(45)46/h1-32,52H. The number of aliphatic imine (C=N–C) groups is 2. The molecule has 0 fully saturated rings. The number of thiophene rings is 1. The Labute approximate surface area is 322 Å². The Morgan fingerprint density at radius 1 is 0.455 bits per heavy atom. The minimum Gasteiger partial charge on any atom is -0.282 e. The fraction of sp³-hybridized carbons (Fsp3) is 0. The molecule has 10 rings (SSSR count). The molecular weight excluding hydrogens is 687 g/mol. The third-order valence-electron chi connectivity index (χ3n) is 10.4. The molecule has 1 heterocycles. The second-order valence-electron chi connectivity index (χ2n) is 13.7. The molecular formula is C51H33N3S. The van der Waals surface area contributed by atoms with Crippen LogP contribution in [0.15, 0.2) is 198 Å². The van der Waals surface area contributed by atoms with Crippen LogP contribution in [0, 0.1) is 5.41 Å². The van der Waals surface area contributed by atoms with Crippen LogP contribution in [0.25, 0.3) is 74.7 Å². The zero-order valence-electron chi connectivity index (χ0n) is 29.8. The first-order valence-electron chi connectivity index (χ1n) is 18.4. The highest BCUT2D eigenvalue weighted by molar-refractivity contribution is 7.25. The predicted octanol–water partition coefficient (Wildman–Crippen LogP) is 13.7. The van der Waals surface area contributed by atoms with Crippen molar-refractivity contribution in [3.63, 3.8) is 0 Å². The lowest BCUT2D eigenvalue weighted by Crippen LogP contribution is -2.05. The molecule has 55 heavy (non-hydrogen) atoms. The Morgan fingerprint density at radius 3 is 1.98 bits per heavy atom. The van der Waals surface area contributed by atoms with Gasteiger partial charge in [0, 0.05) is 43.1 Å². The minimum absolute atomic E-state index is 0.150. The number of hydrogen-bond acceptors (Lipinski definition) is 2. The van der Waals surface area contributed by atoms with E-state index in [-0.39, 0.29) is 5.84 Å². The number of amidine groups is 2. The number of nitrogens with zero attached hydrogens (tertiary/aromatic N) is 2. The first-order valence-corrected chi connectivity index (χ1v) is 19.2. The van der Waals surface area contributed by atoms with E-state index in [0.29, 0.717) is 5.84 Å². The smallest absolute Gasteiger partial charge is 0.161 e. The lowest BCUT2D eigenvalue weighted by Gasteiger charge is -2.12. The first-order chi connectivity index (χ1) is 27.2. The second-order valence-corrected chi connectivity index (χ2v) is 14.8. The molecule has 0 saturated carbocycles. The average Bonchev–Trinajstić information content (AvgIpc) is 3.64. The van der Waals surface area contributed by atoms with Crippen molar-refractivity contribution in [2.75, 3.05) is 0 Å². The van der Waals surface area contributed by atoms with Crippen LogP contribution in [0.2, 0.25) is 0 Å². The van der Waals surface area contributed by atoms with Crippen molar-refractivity contribution in [1.82, 2.24) is 0 Å². The van der Waals surface area contributed by atoms with E-state index in [4.69, 9.17) is 9.98 Å². The maximum Gasteiger partial charge on any atom is 0.161 e. The van der Waals surface area contributed by atoms with E-state index < -0.39 is 0 Å². The van der Waals surface area contributed by atoms with Gasteiger partial charge in [-0.05, 0) is 78.8 Å². The van der Waals surface area contributed by atoms with Crippen molar-refractivity contribution in [2.45, 2.75) is 0 Å². The molecule has 3 nitrogen and oxygen atoms in total. The Bertz CT molecular complexity index is 3150. The Morgan fingerprint density at radius 2 is 1.13 bits per heavy atom. The molecule has 0 unspecified atom stereocenters. The summed E-state index contributed by atoms with van der Waals surface area (Å²) in [6.45, 7) is 0. The summed E-state index contributed by atoms with van der Waals surface area (Å²) >= 11 is 1.82. The molecule has 4 heteroatoms. The summed E-state index contributed by atoms with van der Waals surface area (Å²) in [5.41, 5.74) is 7.06. The number of nitrogens with one attached hydrogen (secondary N) is 1. The molecule has 1 N–H and O–H groups in total. The monoisotopic (exact) mass is 719 g/mol. The summed E-state index contributed by atoms with van der Waals surface area (Å²) in [6, 6.07) is 65.6. The lowest BCUT2D eigenvalue weighted by atomic mass is 9.94. The SMILES string of the molecule is N=C(N=C(N=Cc1c2ccccc2cc2c1ccc1ccccc12)c1cccc(-c2cccc3sc4ccccc4c23)c1)c1ccc(-c2ccccc2)cc1.